The molecular weight excluding hydrogens is 374 g/mol. The fourth-order valence-electron chi connectivity index (χ4n) is 3.98. The number of anilines is 2. The van der Waals surface area contributed by atoms with Crippen LogP contribution >= 0.6 is 0 Å². The quantitative estimate of drug-likeness (QED) is 0.855. The Morgan fingerprint density at radius 1 is 0.929 bits per heavy atom. The zero-order valence-electron chi connectivity index (χ0n) is 15.8. The lowest BCUT2D eigenvalue weighted by Crippen LogP contribution is -2.52. The van der Waals surface area contributed by atoms with Crippen LogP contribution in [0.25, 0.3) is 0 Å². The molecule has 0 bridgehead atoms. The van der Waals surface area contributed by atoms with Gasteiger partial charge in [0.05, 0.1) is 22.8 Å². The van der Waals surface area contributed by atoms with Crippen molar-refractivity contribution in [1.29, 1.82) is 0 Å². The second-order valence-corrected chi connectivity index (χ2v) is 9.65. The molecule has 148 valence electrons. The maximum absolute atomic E-state index is 13.1. The van der Waals surface area contributed by atoms with Crippen LogP contribution in [0.5, 0.6) is 0 Å². The van der Waals surface area contributed by atoms with Gasteiger partial charge in [-0.2, -0.15) is 0 Å². The van der Waals surface area contributed by atoms with Gasteiger partial charge in [-0.3, -0.25) is 9.69 Å². The van der Waals surface area contributed by atoms with Gasteiger partial charge >= 0.3 is 0 Å². The van der Waals surface area contributed by atoms with Crippen LogP contribution in [0.2, 0.25) is 0 Å². The normalized spacial score (nSPS) is 22.1. The third kappa shape index (κ3) is 4.20. The molecule has 6 nitrogen and oxygen atoms in total. The van der Waals surface area contributed by atoms with Crippen molar-refractivity contribution in [2.75, 3.05) is 43.0 Å². The van der Waals surface area contributed by atoms with Crippen molar-refractivity contribution in [3.05, 3.63) is 60.2 Å². The van der Waals surface area contributed by atoms with Crippen molar-refractivity contribution in [3.63, 3.8) is 0 Å². The molecule has 2 heterocycles. The van der Waals surface area contributed by atoms with Gasteiger partial charge in [-0.1, -0.05) is 30.3 Å². The van der Waals surface area contributed by atoms with Crippen molar-refractivity contribution in [2.45, 2.75) is 12.5 Å². The van der Waals surface area contributed by atoms with E-state index in [4.69, 9.17) is 0 Å². The van der Waals surface area contributed by atoms with Crippen LogP contribution < -0.4 is 5.32 Å². The minimum absolute atomic E-state index is 0.0118. The molecule has 0 saturated carbocycles. The molecule has 1 atom stereocenters. The van der Waals surface area contributed by atoms with Crippen molar-refractivity contribution in [1.82, 2.24) is 9.80 Å². The molecule has 2 saturated heterocycles. The molecule has 2 aromatic carbocycles. The first-order valence-electron chi connectivity index (χ1n) is 9.67. The Labute approximate surface area is 166 Å². The number of nitrogens with one attached hydrogen (secondary N) is 1. The first-order chi connectivity index (χ1) is 13.5. The SMILES string of the molecule is O=C(c1ccccc1Nc1ccccc1)N1CCN([C@@H]2CCS(=O)(=O)C2)CC1. The number of amides is 1. The molecule has 2 fully saturated rings. The van der Waals surface area contributed by atoms with Gasteiger partial charge < -0.3 is 10.2 Å². The summed E-state index contributed by atoms with van der Waals surface area (Å²) in [5.74, 6) is 0.554. The highest BCUT2D eigenvalue weighted by Gasteiger charge is 2.34. The number of para-hydroxylation sites is 2. The molecule has 0 aliphatic carbocycles. The fourth-order valence-corrected chi connectivity index (χ4v) is 5.74. The van der Waals surface area contributed by atoms with Crippen molar-refractivity contribution >= 4 is 27.1 Å². The molecule has 28 heavy (non-hydrogen) atoms. The number of sulfone groups is 1. The number of carbonyl (C=O) groups excluding carboxylic acids is 1. The summed E-state index contributed by atoms with van der Waals surface area (Å²) in [6.45, 7) is 2.69. The molecule has 0 aromatic heterocycles. The maximum Gasteiger partial charge on any atom is 0.256 e. The average molecular weight is 400 g/mol. The van der Waals surface area contributed by atoms with Crippen LogP contribution in [0, 0.1) is 0 Å². The van der Waals surface area contributed by atoms with Crippen LogP contribution in [-0.4, -0.2) is 67.9 Å². The summed E-state index contributed by atoms with van der Waals surface area (Å²) in [4.78, 5) is 17.2. The Morgan fingerprint density at radius 3 is 2.29 bits per heavy atom. The summed E-state index contributed by atoms with van der Waals surface area (Å²) in [7, 11) is -2.88. The summed E-state index contributed by atoms with van der Waals surface area (Å²) < 4.78 is 23.5. The van der Waals surface area contributed by atoms with E-state index in [-0.39, 0.29) is 23.5 Å². The standard InChI is InChI=1S/C21H25N3O3S/c25-21(19-8-4-5-9-20(19)22-17-6-2-1-3-7-17)24-13-11-23(12-14-24)18-10-15-28(26,27)16-18/h1-9,18,22H,10-16H2/t18-/m1/s1. The minimum Gasteiger partial charge on any atom is -0.355 e. The van der Waals surface area contributed by atoms with Crippen molar-refractivity contribution in [2.24, 2.45) is 0 Å². The van der Waals surface area contributed by atoms with Crippen LogP contribution in [0.15, 0.2) is 54.6 Å². The summed E-state index contributed by atoms with van der Waals surface area (Å²) in [6, 6.07) is 17.5. The van der Waals surface area contributed by atoms with Crippen molar-refractivity contribution < 1.29 is 13.2 Å². The van der Waals surface area contributed by atoms with E-state index in [1.807, 2.05) is 59.5 Å². The van der Waals surface area contributed by atoms with Gasteiger partial charge in [0.1, 0.15) is 0 Å². The molecule has 7 heteroatoms. The number of hydrogen-bond donors (Lipinski definition) is 1. The number of hydrogen-bond acceptors (Lipinski definition) is 5. The van der Waals surface area contributed by atoms with E-state index in [0.717, 1.165) is 24.5 Å². The Bertz CT molecular complexity index is 938. The van der Waals surface area contributed by atoms with Gasteiger partial charge in [-0.05, 0) is 30.7 Å². The molecule has 0 unspecified atom stereocenters. The molecule has 1 amide bonds. The number of piperazine rings is 1. The van der Waals surface area contributed by atoms with Crippen LogP contribution in [0.3, 0.4) is 0 Å². The van der Waals surface area contributed by atoms with E-state index in [0.29, 0.717) is 25.1 Å². The number of nitrogens with zero attached hydrogens (tertiary/aromatic N) is 2. The van der Waals surface area contributed by atoms with E-state index in [1.165, 1.54) is 0 Å². The summed E-state index contributed by atoms with van der Waals surface area (Å²) in [6.07, 6.45) is 0.708. The third-order valence-electron chi connectivity index (χ3n) is 5.54. The van der Waals surface area contributed by atoms with E-state index < -0.39 is 9.84 Å². The smallest absolute Gasteiger partial charge is 0.256 e. The van der Waals surface area contributed by atoms with Crippen LogP contribution in [-0.2, 0) is 9.84 Å². The van der Waals surface area contributed by atoms with Gasteiger partial charge in [0, 0.05) is 37.9 Å². The van der Waals surface area contributed by atoms with Gasteiger partial charge in [0.2, 0.25) is 0 Å². The number of rotatable bonds is 4. The van der Waals surface area contributed by atoms with E-state index >= 15 is 0 Å². The van der Waals surface area contributed by atoms with E-state index in [2.05, 4.69) is 10.2 Å². The second-order valence-electron chi connectivity index (χ2n) is 7.42. The lowest BCUT2D eigenvalue weighted by atomic mass is 10.1. The first-order valence-corrected chi connectivity index (χ1v) is 11.5. The van der Waals surface area contributed by atoms with Gasteiger partial charge in [-0.15, -0.1) is 0 Å². The highest BCUT2D eigenvalue weighted by Crippen LogP contribution is 2.24. The molecule has 1 N–H and O–H groups in total. The number of carbonyl (C=O) groups is 1. The Kier molecular flexibility index (Phi) is 5.37. The highest BCUT2D eigenvalue weighted by molar-refractivity contribution is 7.91. The first kappa shape index (κ1) is 19.0. The summed E-state index contributed by atoms with van der Waals surface area (Å²) in [5.41, 5.74) is 2.39. The minimum atomic E-state index is -2.88. The van der Waals surface area contributed by atoms with Gasteiger partial charge in [0.15, 0.2) is 9.84 Å². The molecule has 4 rings (SSSR count). The predicted octanol–water partition coefficient (Wildman–Crippen LogP) is 2.38. The third-order valence-corrected chi connectivity index (χ3v) is 7.29. The summed E-state index contributed by atoms with van der Waals surface area (Å²) in [5, 5.41) is 3.33. The zero-order valence-corrected chi connectivity index (χ0v) is 16.6. The molecule has 2 aliphatic rings. The van der Waals surface area contributed by atoms with Crippen LogP contribution in [0.4, 0.5) is 11.4 Å². The van der Waals surface area contributed by atoms with Gasteiger partial charge in [0.25, 0.3) is 5.91 Å². The van der Waals surface area contributed by atoms with E-state index in [1.54, 1.807) is 0 Å². The molecule has 0 spiro atoms. The Morgan fingerprint density at radius 2 is 1.61 bits per heavy atom. The van der Waals surface area contributed by atoms with Crippen LogP contribution in [0.1, 0.15) is 16.8 Å². The zero-order chi connectivity index (χ0) is 19.6. The predicted molar refractivity (Wildman–Crippen MR) is 111 cm³/mol. The lowest BCUT2D eigenvalue weighted by molar-refractivity contribution is 0.0589. The fraction of sp³-hybridized carbons (Fsp3) is 0.381. The molecular formula is C21H25N3O3S. The molecule has 2 aromatic rings. The van der Waals surface area contributed by atoms with Gasteiger partial charge in [-0.25, -0.2) is 8.42 Å². The number of benzene rings is 2. The molecule has 0 radical (unpaired) electrons. The summed E-state index contributed by atoms with van der Waals surface area (Å²) >= 11 is 0. The molecule has 2 aliphatic heterocycles. The largest absolute Gasteiger partial charge is 0.355 e. The Hall–Kier alpha value is -2.38. The lowest BCUT2D eigenvalue weighted by Gasteiger charge is -2.37. The Balaban J connectivity index is 1.42. The maximum atomic E-state index is 13.1. The highest BCUT2D eigenvalue weighted by atomic mass is 32.2. The van der Waals surface area contributed by atoms with Crippen molar-refractivity contribution in [3.8, 4) is 0 Å². The average Bonchev–Trinajstić information content (AvgIpc) is 3.09. The monoisotopic (exact) mass is 399 g/mol. The topological polar surface area (TPSA) is 69.7 Å². The second kappa shape index (κ2) is 7.93. The van der Waals surface area contributed by atoms with E-state index in [9.17, 15) is 13.2 Å².